The Bertz CT molecular complexity index is 647. The normalized spacial score (nSPS) is 15.3. The molecule has 0 bridgehead atoms. The van der Waals surface area contributed by atoms with Gasteiger partial charge in [-0.25, -0.2) is 4.79 Å². The first-order valence-electron chi connectivity index (χ1n) is 10.2. The first kappa shape index (κ1) is 25.0. The van der Waals surface area contributed by atoms with Gasteiger partial charge in [0, 0.05) is 12.1 Å². The molecule has 0 aromatic heterocycles. The monoisotopic (exact) mass is 406 g/mol. The number of hydrogen-bond acceptors (Lipinski definition) is 4. The maximum Gasteiger partial charge on any atom is 0.407 e. The summed E-state index contributed by atoms with van der Waals surface area (Å²) in [4.78, 5) is 24.1. The van der Waals surface area contributed by atoms with Gasteiger partial charge < -0.3 is 15.2 Å². The van der Waals surface area contributed by atoms with Crippen LogP contribution in [0.3, 0.4) is 0 Å². The van der Waals surface area contributed by atoms with Crippen molar-refractivity contribution in [3.63, 3.8) is 0 Å². The van der Waals surface area contributed by atoms with Crippen molar-refractivity contribution < 1.29 is 19.4 Å². The van der Waals surface area contributed by atoms with E-state index >= 15 is 0 Å². The number of aliphatic carboxylic acids is 1. The van der Waals surface area contributed by atoms with E-state index in [2.05, 4.69) is 31.4 Å². The average Bonchev–Trinajstić information content (AvgIpc) is 2.57. The molecule has 3 atom stereocenters. The second-order valence-electron chi connectivity index (χ2n) is 10.2. The van der Waals surface area contributed by atoms with E-state index in [1.165, 1.54) is 0 Å². The van der Waals surface area contributed by atoms with E-state index in [-0.39, 0.29) is 29.5 Å². The van der Waals surface area contributed by atoms with E-state index in [1.807, 2.05) is 58.0 Å². The van der Waals surface area contributed by atoms with E-state index < -0.39 is 18.1 Å². The van der Waals surface area contributed by atoms with Crippen LogP contribution in [0.4, 0.5) is 4.79 Å². The number of amides is 1. The number of hydrogen-bond donors (Lipinski definition) is 3. The van der Waals surface area contributed by atoms with Gasteiger partial charge >= 0.3 is 12.1 Å². The number of nitrogens with one attached hydrogen (secondary N) is 2. The maximum absolute atomic E-state index is 12.4. The van der Waals surface area contributed by atoms with E-state index in [1.54, 1.807) is 0 Å². The molecule has 0 heterocycles. The molecule has 0 spiro atoms. The van der Waals surface area contributed by atoms with Crippen LogP contribution in [0, 0.1) is 10.8 Å². The molecule has 1 unspecified atom stereocenters. The lowest BCUT2D eigenvalue weighted by atomic mass is 9.84. The van der Waals surface area contributed by atoms with Gasteiger partial charge in [-0.3, -0.25) is 10.1 Å². The summed E-state index contributed by atoms with van der Waals surface area (Å²) in [6.45, 7) is 14.4. The number of carbonyl (C=O) groups is 2. The zero-order valence-electron chi connectivity index (χ0n) is 18.9. The fourth-order valence-corrected chi connectivity index (χ4v) is 3.19. The van der Waals surface area contributed by atoms with Gasteiger partial charge in [0.05, 0.1) is 0 Å². The van der Waals surface area contributed by atoms with Crippen molar-refractivity contribution in [3.8, 4) is 0 Å². The largest absolute Gasteiger partial charge is 0.480 e. The number of rotatable bonds is 9. The van der Waals surface area contributed by atoms with Crippen molar-refractivity contribution >= 4 is 12.1 Å². The van der Waals surface area contributed by atoms with Gasteiger partial charge in [0.1, 0.15) is 12.6 Å². The Hall–Kier alpha value is -2.08. The van der Waals surface area contributed by atoms with Gasteiger partial charge in [0.2, 0.25) is 0 Å². The number of ether oxygens (including phenoxy) is 1. The first-order chi connectivity index (χ1) is 13.3. The number of carboxylic acid groups (broad SMARTS) is 1. The molecule has 29 heavy (non-hydrogen) atoms. The predicted octanol–water partition coefficient (Wildman–Crippen LogP) is 4.59. The van der Waals surface area contributed by atoms with E-state index in [0.717, 1.165) is 5.56 Å². The molecule has 164 valence electrons. The number of carbonyl (C=O) groups excluding carboxylic acids is 1. The smallest absolute Gasteiger partial charge is 0.407 e. The second-order valence-corrected chi connectivity index (χ2v) is 10.2. The van der Waals surface area contributed by atoms with Gasteiger partial charge in [0.25, 0.3) is 0 Å². The number of benzene rings is 1. The number of carboxylic acids is 1. The van der Waals surface area contributed by atoms with Crippen molar-refractivity contribution in [2.45, 2.75) is 86.0 Å². The van der Waals surface area contributed by atoms with Crippen molar-refractivity contribution in [1.82, 2.24) is 10.6 Å². The van der Waals surface area contributed by atoms with Crippen LogP contribution in [-0.4, -0.2) is 35.3 Å². The molecule has 0 radical (unpaired) electrons. The summed E-state index contributed by atoms with van der Waals surface area (Å²) >= 11 is 0. The summed E-state index contributed by atoms with van der Waals surface area (Å²) in [5.74, 6) is -0.882. The Balaban J connectivity index is 2.79. The molecule has 0 fully saturated rings. The topological polar surface area (TPSA) is 87.7 Å². The lowest BCUT2D eigenvalue weighted by molar-refractivity contribution is -0.140. The van der Waals surface area contributed by atoms with Crippen LogP contribution in [-0.2, 0) is 16.1 Å². The summed E-state index contributed by atoms with van der Waals surface area (Å²) < 4.78 is 5.36. The highest BCUT2D eigenvalue weighted by Crippen LogP contribution is 2.24. The molecule has 6 heteroatoms. The highest BCUT2D eigenvalue weighted by molar-refractivity contribution is 5.73. The third-order valence-corrected chi connectivity index (χ3v) is 4.53. The third kappa shape index (κ3) is 10.9. The minimum atomic E-state index is -0.882. The predicted molar refractivity (Wildman–Crippen MR) is 116 cm³/mol. The van der Waals surface area contributed by atoms with Crippen LogP contribution in [0.1, 0.15) is 66.9 Å². The summed E-state index contributed by atoms with van der Waals surface area (Å²) in [5, 5.41) is 15.8. The molecule has 1 amide bonds. The van der Waals surface area contributed by atoms with Gasteiger partial charge in [-0.15, -0.1) is 0 Å². The zero-order valence-corrected chi connectivity index (χ0v) is 18.9. The molecule has 0 saturated carbocycles. The van der Waals surface area contributed by atoms with E-state index in [4.69, 9.17) is 4.74 Å². The molecule has 1 aromatic rings. The van der Waals surface area contributed by atoms with Gasteiger partial charge in [-0.2, -0.15) is 0 Å². The Labute approximate surface area is 175 Å². The highest BCUT2D eigenvalue weighted by Gasteiger charge is 2.31. The molecular weight excluding hydrogens is 368 g/mol. The molecule has 0 aliphatic carbocycles. The summed E-state index contributed by atoms with van der Waals surface area (Å²) in [5.41, 5.74) is 0.741. The Morgan fingerprint density at radius 3 is 2.03 bits per heavy atom. The molecule has 6 nitrogen and oxygen atoms in total. The van der Waals surface area contributed by atoms with Gasteiger partial charge in [-0.05, 0) is 36.2 Å². The molecule has 3 N–H and O–H groups in total. The summed E-state index contributed by atoms with van der Waals surface area (Å²) in [7, 11) is 0. The van der Waals surface area contributed by atoms with Crippen LogP contribution >= 0.6 is 0 Å². The molecule has 1 rings (SSSR count). The standard InChI is InChI=1S/C23H38N2O4/c1-16(24-19(20(26)27)14-23(5,6)7)18(13-22(2,3)4)25-21(28)29-15-17-11-9-8-10-12-17/h8-12,16,18-19,24H,13-15H2,1-7H3,(H,25,28)(H,26,27)/t16?,18-,19-/m0/s1. The van der Waals surface area contributed by atoms with Crippen LogP contribution in [0.2, 0.25) is 0 Å². The minimum absolute atomic E-state index is 0.0456. The van der Waals surface area contributed by atoms with E-state index in [0.29, 0.717) is 12.8 Å². The van der Waals surface area contributed by atoms with Crippen LogP contribution in [0.15, 0.2) is 30.3 Å². The minimum Gasteiger partial charge on any atom is -0.480 e. The molecule has 0 aliphatic heterocycles. The summed E-state index contributed by atoms with van der Waals surface area (Å²) in [6.07, 6.45) is 0.677. The first-order valence-corrected chi connectivity index (χ1v) is 10.2. The molecule has 0 saturated heterocycles. The highest BCUT2D eigenvalue weighted by atomic mass is 16.5. The fraction of sp³-hybridized carbons (Fsp3) is 0.652. The zero-order chi connectivity index (χ0) is 22.2. The van der Waals surface area contributed by atoms with Crippen LogP contribution in [0.5, 0.6) is 0 Å². The molecule has 0 aliphatic rings. The Kier molecular flexibility index (Phi) is 9.14. The lowest BCUT2D eigenvalue weighted by Gasteiger charge is -2.34. The lowest BCUT2D eigenvalue weighted by Crippen LogP contribution is -2.55. The second kappa shape index (κ2) is 10.6. The van der Waals surface area contributed by atoms with Crippen molar-refractivity contribution in [2.75, 3.05) is 0 Å². The fourth-order valence-electron chi connectivity index (χ4n) is 3.19. The van der Waals surface area contributed by atoms with Crippen LogP contribution < -0.4 is 10.6 Å². The van der Waals surface area contributed by atoms with E-state index in [9.17, 15) is 14.7 Å². The Morgan fingerprint density at radius 2 is 1.55 bits per heavy atom. The third-order valence-electron chi connectivity index (χ3n) is 4.53. The average molecular weight is 407 g/mol. The number of alkyl carbamates (subject to hydrolysis) is 1. The van der Waals surface area contributed by atoms with Gasteiger partial charge in [0.15, 0.2) is 0 Å². The molecule has 1 aromatic carbocycles. The summed E-state index contributed by atoms with van der Waals surface area (Å²) in [6, 6.07) is 8.31. The quantitative estimate of drug-likeness (QED) is 0.558. The van der Waals surface area contributed by atoms with Crippen molar-refractivity contribution in [1.29, 1.82) is 0 Å². The van der Waals surface area contributed by atoms with Crippen molar-refractivity contribution in [3.05, 3.63) is 35.9 Å². The van der Waals surface area contributed by atoms with Crippen molar-refractivity contribution in [2.24, 2.45) is 10.8 Å². The van der Waals surface area contributed by atoms with Gasteiger partial charge in [-0.1, -0.05) is 71.9 Å². The van der Waals surface area contributed by atoms with Crippen LogP contribution in [0.25, 0.3) is 0 Å². The SMILES string of the molecule is CC(N[C@@H](CC(C)(C)C)C(=O)O)[C@H](CC(C)(C)C)NC(=O)OCc1ccccc1. The maximum atomic E-state index is 12.4. The Morgan fingerprint density at radius 1 is 1.00 bits per heavy atom. The molecular formula is C23H38N2O4.